The number of fused-ring (bicyclic) bond motifs is 1. The Morgan fingerprint density at radius 1 is 1.60 bits per heavy atom. The number of nitrogen functional groups attached to an aromatic ring is 1. The second-order valence-corrected chi connectivity index (χ2v) is 6.29. The van der Waals surface area contributed by atoms with Gasteiger partial charge < -0.3 is 16.4 Å². The number of aromatic nitrogens is 1. The first-order valence-electron chi connectivity index (χ1n) is 6.74. The van der Waals surface area contributed by atoms with Gasteiger partial charge in [0.25, 0.3) is 5.91 Å². The van der Waals surface area contributed by atoms with Gasteiger partial charge in [-0.05, 0) is 37.4 Å². The number of aryl methyl sites for hydroxylation is 1. The number of thiophene rings is 1. The van der Waals surface area contributed by atoms with Crippen molar-refractivity contribution in [3.8, 4) is 0 Å². The number of likely N-dealkylation sites (tertiary alicyclic amines) is 1. The van der Waals surface area contributed by atoms with Crippen molar-refractivity contribution in [3.63, 3.8) is 0 Å². The number of hydrogen-bond acceptors (Lipinski definition) is 5. The predicted molar refractivity (Wildman–Crippen MR) is 81.8 cm³/mol. The standard InChI is InChI=1S/C14H18N4OS/c1-8-2-4-17-13-10(8)11(16)12(20-13)14(19)18-5-3-9(6-15)7-18/h2,4,9H,3,5-7,15-16H2,1H3. The zero-order valence-corrected chi connectivity index (χ0v) is 12.2. The average Bonchev–Trinajstić information content (AvgIpc) is 3.04. The number of amides is 1. The predicted octanol–water partition coefficient (Wildman–Crippen LogP) is 1.61. The highest BCUT2D eigenvalue weighted by atomic mass is 32.1. The SMILES string of the molecule is Cc1ccnc2sc(C(=O)N3CCC(CN)C3)c(N)c12. The van der Waals surface area contributed by atoms with Gasteiger partial charge in [0.1, 0.15) is 9.71 Å². The number of pyridine rings is 1. The minimum atomic E-state index is 0.0147. The van der Waals surface area contributed by atoms with Gasteiger partial charge in [-0.15, -0.1) is 11.3 Å². The van der Waals surface area contributed by atoms with Gasteiger partial charge in [-0.25, -0.2) is 4.98 Å². The molecule has 0 radical (unpaired) electrons. The van der Waals surface area contributed by atoms with Crippen LogP contribution in [0, 0.1) is 12.8 Å². The summed E-state index contributed by atoms with van der Waals surface area (Å²) in [5.41, 5.74) is 13.5. The molecule has 3 heterocycles. The van der Waals surface area contributed by atoms with Crippen molar-refractivity contribution in [2.45, 2.75) is 13.3 Å². The van der Waals surface area contributed by atoms with Crippen LogP contribution in [0.5, 0.6) is 0 Å². The third-order valence-electron chi connectivity index (χ3n) is 3.94. The lowest BCUT2D eigenvalue weighted by Crippen LogP contribution is -2.29. The van der Waals surface area contributed by atoms with Crippen molar-refractivity contribution in [1.82, 2.24) is 9.88 Å². The van der Waals surface area contributed by atoms with E-state index in [1.54, 1.807) is 6.20 Å². The van der Waals surface area contributed by atoms with Crippen LogP contribution in [-0.2, 0) is 0 Å². The number of carbonyl (C=O) groups is 1. The molecule has 6 heteroatoms. The van der Waals surface area contributed by atoms with E-state index in [1.165, 1.54) is 11.3 Å². The third kappa shape index (κ3) is 2.05. The molecule has 106 valence electrons. The van der Waals surface area contributed by atoms with E-state index >= 15 is 0 Å². The summed E-state index contributed by atoms with van der Waals surface area (Å²) in [6.45, 7) is 4.12. The number of hydrogen-bond donors (Lipinski definition) is 2. The molecule has 0 aliphatic carbocycles. The van der Waals surface area contributed by atoms with Crippen molar-refractivity contribution in [2.24, 2.45) is 11.7 Å². The summed E-state index contributed by atoms with van der Waals surface area (Å²) in [4.78, 5) is 20.2. The van der Waals surface area contributed by atoms with E-state index in [-0.39, 0.29) is 5.91 Å². The number of nitrogens with two attached hydrogens (primary N) is 2. The summed E-state index contributed by atoms with van der Waals surface area (Å²) in [7, 11) is 0. The smallest absolute Gasteiger partial charge is 0.266 e. The molecule has 0 spiro atoms. The van der Waals surface area contributed by atoms with E-state index in [4.69, 9.17) is 11.5 Å². The van der Waals surface area contributed by atoms with Crippen LogP contribution in [0.3, 0.4) is 0 Å². The molecular formula is C14H18N4OS. The second-order valence-electron chi connectivity index (χ2n) is 5.29. The van der Waals surface area contributed by atoms with Crippen LogP contribution < -0.4 is 11.5 Å². The molecule has 3 rings (SSSR count). The number of carbonyl (C=O) groups excluding carboxylic acids is 1. The van der Waals surface area contributed by atoms with Crippen LogP contribution in [0.15, 0.2) is 12.3 Å². The molecule has 2 aromatic heterocycles. The average molecular weight is 290 g/mol. The fourth-order valence-electron chi connectivity index (χ4n) is 2.72. The first kappa shape index (κ1) is 13.3. The Hall–Kier alpha value is -1.66. The summed E-state index contributed by atoms with van der Waals surface area (Å²) in [6.07, 6.45) is 2.73. The van der Waals surface area contributed by atoms with Crippen molar-refractivity contribution in [1.29, 1.82) is 0 Å². The molecule has 4 N–H and O–H groups in total. The van der Waals surface area contributed by atoms with Gasteiger partial charge in [-0.2, -0.15) is 0 Å². The van der Waals surface area contributed by atoms with Crippen LogP contribution in [0.25, 0.3) is 10.2 Å². The molecule has 20 heavy (non-hydrogen) atoms. The molecule has 1 fully saturated rings. The Bertz CT molecular complexity index is 666. The molecule has 1 aliphatic heterocycles. The maximum atomic E-state index is 12.6. The Labute approximate surface area is 121 Å². The van der Waals surface area contributed by atoms with Gasteiger partial charge in [0.15, 0.2) is 0 Å². The zero-order chi connectivity index (χ0) is 14.3. The van der Waals surface area contributed by atoms with Gasteiger partial charge in [-0.3, -0.25) is 4.79 Å². The first-order chi connectivity index (χ1) is 9.61. The normalized spacial score (nSPS) is 18.9. The van der Waals surface area contributed by atoms with Crippen molar-refractivity contribution in [2.75, 3.05) is 25.4 Å². The van der Waals surface area contributed by atoms with Gasteiger partial charge >= 0.3 is 0 Å². The summed E-state index contributed by atoms with van der Waals surface area (Å²) >= 11 is 1.38. The van der Waals surface area contributed by atoms with Crippen LogP contribution in [-0.4, -0.2) is 35.4 Å². The molecule has 1 atom stereocenters. The number of rotatable bonds is 2. The molecule has 1 unspecified atom stereocenters. The van der Waals surface area contributed by atoms with Crippen molar-refractivity contribution >= 4 is 33.1 Å². The fourth-order valence-corrected chi connectivity index (χ4v) is 3.82. The largest absolute Gasteiger partial charge is 0.397 e. The minimum absolute atomic E-state index is 0.0147. The fraction of sp³-hybridized carbons (Fsp3) is 0.429. The molecule has 0 aromatic carbocycles. The Morgan fingerprint density at radius 3 is 3.05 bits per heavy atom. The molecular weight excluding hydrogens is 272 g/mol. The van der Waals surface area contributed by atoms with E-state index in [9.17, 15) is 4.79 Å². The maximum Gasteiger partial charge on any atom is 0.266 e. The summed E-state index contributed by atoms with van der Waals surface area (Å²) < 4.78 is 0. The highest BCUT2D eigenvalue weighted by Gasteiger charge is 2.29. The van der Waals surface area contributed by atoms with E-state index in [0.717, 1.165) is 35.3 Å². The Balaban J connectivity index is 1.96. The minimum Gasteiger partial charge on any atom is -0.397 e. The summed E-state index contributed by atoms with van der Waals surface area (Å²) in [5.74, 6) is 0.426. The molecule has 1 saturated heterocycles. The van der Waals surface area contributed by atoms with E-state index < -0.39 is 0 Å². The number of anilines is 1. The Morgan fingerprint density at radius 2 is 2.40 bits per heavy atom. The highest BCUT2D eigenvalue weighted by molar-refractivity contribution is 7.21. The summed E-state index contributed by atoms with van der Waals surface area (Å²) in [5, 5.41) is 0.912. The van der Waals surface area contributed by atoms with Crippen LogP contribution >= 0.6 is 11.3 Å². The first-order valence-corrected chi connectivity index (χ1v) is 7.56. The molecule has 1 amide bonds. The van der Waals surface area contributed by atoms with Crippen LogP contribution in [0.4, 0.5) is 5.69 Å². The lowest BCUT2D eigenvalue weighted by molar-refractivity contribution is 0.0793. The molecule has 2 aromatic rings. The van der Waals surface area contributed by atoms with Gasteiger partial charge in [-0.1, -0.05) is 0 Å². The lowest BCUT2D eigenvalue weighted by Gasteiger charge is -2.15. The maximum absolute atomic E-state index is 12.6. The second kappa shape index (κ2) is 5.03. The van der Waals surface area contributed by atoms with E-state index in [2.05, 4.69) is 4.98 Å². The summed E-state index contributed by atoms with van der Waals surface area (Å²) in [6, 6.07) is 1.92. The molecule has 1 aliphatic rings. The van der Waals surface area contributed by atoms with Gasteiger partial charge in [0.2, 0.25) is 0 Å². The quantitative estimate of drug-likeness (QED) is 0.880. The van der Waals surface area contributed by atoms with E-state index in [1.807, 2.05) is 17.9 Å². The van der Waals surface area contributed by atoms with Crippen LogP contribution in [0.1, 0.15) is 21.7 Å². The molecule has 5 nitrogen and oxygen atoms in total. The zero-order valence-electron chi connectivity index (χ0n) is 11.4. The Kier molecular flexibility index (Phi) is 3.35. The van der Waals surface area contributed by atoms with Crippen molar-refractivity contribution < 1.29 is 4.79 Å². The lowest BCUT2D eigenvalue weighted by atomic mass is 10.1. The van der Waals surface area contributed by atoms with Crippen LogP contribution in [0.2, 0.25) is 0 Å². The number of nitrogens with zero attached hydrogens (tertiary/aromatic N) is 2. The third-order valence-corrected chi connectivity index (χ3v) is 5.04. The molecule has 0 saturated carbocycles. The highest BCUT2D eigenvalue weighted by Crippen LogP contribution is 2.35. The monoisotopic (exact) mass is 290 g/mol. The van der Waals surface area contributed by atoms with Gasteiger partial charge in [0, 0.05) is 24.7 Å². The van der Waals surface area contributed by atoms with Gasteiger partial charge in [0.05, 0.1) is 5.69 Å². The van der Waals surface area contributed by atoms with Crippen molar-refractivity contribution in [3.05, 3.63) is 22.7 Å². The molecule has 0 bridgehead atoms. The van der Waals surface area contributed by atoms with E-state index in [0.29, 0.717) is 23.0 Å². The topological polar surface area (TPSA) is 85.2 Å².